The van der Waals surface area contributed by atoms with E-state index in [1.165, 1.54) is 6.42 Å². The molecule has 1 heterocycles. The van der Waals surface area contributed by atoms with Crippen molar-refractivity contribution < 1.29 is 0 Å². The molecule has 1 atom stereocenters. The van der Waals surface area contributed by atoms with Gasteiger partial charge in [0, 0.05) is 19.1 Å². The van der Waals surface area contributed by atoms with Crippen LogP contribution in [0.15, 0.2) is 0 Å². The van der Waals surface area contributed by atoms with Crippen molar-refractivity contribution in [2.45, 2.75) is 26.3 Å². The van der Waals surface area contributed by atoms with Gasteiger partial charge in [0.1, 0.15) is 0 Å². The molecule has 0 spiro atoms. The minimum absolute atomic E-state index is 0.607. The molecule has 13 heavy (non-hydrogen) atoms. The predicted octanol–water partition coefficient (Wildman–Crippen LogP) is 0.940. The lowest BCUT2D eigenvalue weighted by atomic mass is 10.0. The van der Waals surface area contributed by atoms with Crippen LogP contribution >= 0.6 is 0 Å². The number of hydrogen-bond donors (Lipinski definition) is 1. The molecule has 0 amide bonds. The molecular weight excluding hydrogens is 160 g/mol. The van der Waals surface area contributed by atoms with Gasteiger partial charge in [-0.05, 0) is 18.9 Å². The lowest BCUT2D eigenvalue weighted by Crippen LogP contribution is -2.41. The molecule has 0 saturated carbocycles. The highest BCUT2D eigenvalue weighted by Gasteiger charge is 2.18. The third-order valence-electron chi connectivity index (χ3n) is 2.63. The molecular formula is C11H20N2. The Kier molecular flexibility index (Phi) is 4.27. The van der Waals surface area contributed by atoms with E-state index in [0.717, 1.165) is 26.2 Å². The molecule has 0 radical (unpaired) electrons. The van der Waals surface area contributed by atoms with Gasteiger partial charge in [0.05, 0.1) is 6.54 Å². The zero-order valence-electron chi connectivity index (χ0n) is 8.71. The quantitative estimate of drug-likeness (QED) is 0.636. The van der Waals surface area contributed by atoms with Crippen LogP contribution in [0.3, 0.4) is 0 Å². The van der Waals surface area contributed by atoms with Crippen molar-refractivity contribution in [1.82, 2.24) is 10.2 Å². The maximum Gasteiger partial charge on any atom is 0.0599 e. The van der Waals surface area contributed by atoms with Gasteiger partial charge < -0.3 is 5.32 Å². The molecule has 1 rings (SSSR count). The van der Waals surface area contributed by atoms with E-state index in [1.54, 1.807) is 0 Å². The minimum Gasteiger partial charge on any atom is -0.312 e. The molecule has 2 heteroatoms. The second kappa shape index (κ2) is 5.26. The van der Waals surface area contributed by atoms with Gasteiger partial charge in [-0.2, -0.15) is 0 Å². The van der Waals surface area contributed by atoms with Crippen LogP contribution in [0.5, 0.6) is 0 Å². The first-order valence-electron chi connectivity index (χ1n) is 5.13. The Balaban J connectivity index is 2.45. The van der Waals surface area contributed by atoms with Crippen LogP contribution in [-0.2, 0) is 0 Å². The molecule has 1 N–H and O–H groups in total. The Hall–Kier alpha value is -0.520. The van der Waals surface area contributed by atoms with Gasteiger partial charge in [-0.25, -0.2) is 0 Å². The first-order valence-corrected chi connectivity index (χ1v) is 5.13. The first kappa shape index (κ1) is 10.6. The van der Waals surface area contributed by atoms with Gasteiger partial charge in [-0.15, -0.1) is 6.42 Å². The van der Waals surface area contributed by atoms with Gasteiger partial charge in [0.25, 0.3) is 0 Å². The maximum atomic E-state index is 5.32. The summed E-state index contributed by atoms with van der Waals surface area (Å²) in [6.07, 6.45) is 6.53. The summed E-state index contributed by atoms with van der Waals surface area (Å²) in [6, 6.07) is 0.607. The van der Waals surface area contributed by atoms with Crippen molar-refractivity contribution in [2.24, 2.45) is 5.92 Å². The summed E-state index contributed by atoms with van der Waals surface area (Å²) in [4.78, 5) is 2.37. The zero-order chi connectivity index (χ0) is 9.68. The lowest BCUT2D eigenvalue weighted by Gasteiger charge is -2.25. The molecule has 0 aliphatic carbocycles. The number of terminal acetylenes is 1. The summed E-state index contributed by atoms with van der Waals surface area (Å²) in [5.41, 5.74) is 0. The van der Waals surface area contributed by atoms with Crippen LogP contribution in [0.4, 0.5) is 0 Å². The van der Waals surface area contributed by atoms with Crippen LogP contribution in [0.25, 0.3) is 0 Å². The summed E-state index contributed by atoms with van der Waals surface area (Å²) in [6.45, 7) is 8.69. The fourth-order valence-corrected chi connectivity index (χ4v) is 1.74. The summed E-state index contributed by atoms with van der Waals surface area (Å²) in [5, 5.41) is 3.56. The molecule has 74 valence electrons. The van der Waals surface area contributed by atoms with E-state index < -0.39 is 0 Å². The third-order valence-corrected chi connectivity index (χ3v) is 2.63. The third kappa shape index (κ3) is 3.38. The van der Waals surface area contributed by atoms with E-state index >= 15 is 0 Å². The molecule has 1 saturated heterocycles. The van der Waals surface area contributed by atoms with E-state index in [-0.39, 0.29) is 0 Å². The van der Waals surface area contributed by atoms with Gasteiger partial charge in [-0.1, -0.05) is 19.8 Å². The lowest BCUT2D eigenvalue weighted by molar-refractivity contribution is 0.270. The fraction of sp³-hybridized carbons (Fsp3) is 0.818. The highest BCUT2D eigenvalue weighted by atomic mass is 15.2. The summed E-state index contributed by atoms with van der Waals surface area (Å²) in [7, 11) is 0. The standard InChI is InChI=1S/C11H20N2/c1-4-7-13-8-5-6-12-11(9-13)10(2)3/h1,10-12H,5-9H2,2-3H3. The Morgan fingerprint density at radius 1 is 1.62 bits per heavy atom. The van der Waals surface area contributed by atoms with E-state index in [2.05, 4.69) is 30.0 Å². The predicted molar refractivity (Wildman–Crippen MR) is 56.5 cm³/mol. The molecule has 0 aromatic rings. The average Bonchev–Trinajstić information content (AvgIpc) is 2.30. The Morgan fingerprint density at radius 3 is 3.00 bits per heavy atom. The van der Waals surface area contributed by atoms with E-state index in [0.29, 0.717) is 12.0 Å². The highest BCUT2D eigenvalue weighted by Crippen LogP contribution is 2.07. The van der Waals surface area contributed by atoms with E-state index in [4.69, 9.17) is 6.42 Å². The zero-order valence-corrected chi connectivity index (χ0v) is 8.71. The van der Waals surface area contributed by atoms with Crippen molar-refractivity contribution in [1.29, 1.82) is 0 Å². The SMILES string of the molecule is C#CCN1CCCNC(C(C)C)C1. The van der Waals surface area contributed by atoms with Crippen molar-refractivity contribution in [3.8, 4) is 12.3 Å². The number of rotatable bonds is 2. The van der Waals surface area contributed by atoms with E-state index in [1.807, 2.05) is 0 Å². The number of nitrogens with zero attached hydrogens (tertiary/aromatic N) is 1. The molecule has 0 aromatic carbocycles. The molecule has 2 nitrogen and oxygen atoms in total. The average molecular weight is 180 g/mol. The highest BCUT2D eigenvalue weighted by molar-refractivity contribution is 4.90. The smallest absolute Gasteiger partial charge is 0.0599 e. The topological polar surface area (TPSA) is 15.3 Å². The second-order valence-corrected chi connectivity index (χ2v) is 4.10. The van der Waals surface area contributed by atoms with E-state index in [9.17, 15) is 0 Å². The summed E-state index contributed by atoms with van der Waals surface area (Å²) >= 11 is 0. The normalized spacial score (nSPS) is 25.5. The Bertz CT molecular complexity index is 181. The molecule has 0 aromatic heterocycles. The van der Waals surface area contributed by atoms with Gasteiger partial charge >= 0.3 is 0 Å². The van der Waals surface area contributed by atoms with Gasteiger partial charge in [0.15, 0.2) is 0 Å². The van der Waals surface area contributed by atoms with Crippen molar-refractivity contribution in [2.75, 3.05) is 26.2 Å². The largest absolute Gasteiger partial charge is 0.312 e. The monoisotopic (exact) mass is 180 g/mol. The first-order chi connectivity index (χ1) is 6.24. The molecule has 0 bridgehead atoms. The van der Waals surface area contributed by atoms with Crippen LogP contribution in [0, 0.1) is 18.3 Å². The van der Waals surface area contributed by atoms with Crippen molar-refractivity contribution >= 4 is 0 Å². The molecule has 1 fully saturated rings. The fourth-order valence-electron chi connectivity index (χ4n) is 1.74. The Labute approximate surface area is 81.7 Å². The molecule has 1 aliphatic heterocycles. The second-order valence-electron chi connectivity index (χ2n) is 4.10. The van der Waals surface area contributed by atoms with Gasteiger partial charge in [-0.3, -0.25) is 4.90 Å². The van der Waals surface area contributed by atoms with Gasteiger partial charge in [0.2, 0.25) is 0 Å². The molecule has 1 aliphatic rings. The van der Waals surface area contributed by atoms with Crippen molar-refractivity contribution in [3.05, 3.63) is 0 Å². The number of nitrogens with one attached hydrogen (secondary N) is 1. The molecule has 1 unspecified atom stereocenters. The Morgan fingerprint density at radius 2 is 2.38 bits per heavy atom. The van der Waals surface area contributed by atoms with Crippen LogP contribution < -0.4 is 5.32 Å². The number of hydrogen-bond acceptors (Lipinski definition) is 2. The van der Waals surface area contributed by atoms with Crippen molar-refractivity contribution in [3.63, 3.8) is 0 Å². The summed E-state index contributed by atoms with van der Waals surface area (Å²) in [5.74, 6) is 3.42. The van der Waals surface area contributed by atoms with Crippen LogP contribution in [0.1, 0.15) is 20.3 Å². The van der Waals surface area contributed by atoms with Crippen LogP contribution in [-0.4, -0.2) is 37.1 Å². The minimum atomic E-state index is 0.607. The maximum absolute atomic E-state index is 5.32. The summed E-state index contributed by atoms with van der Waals surface area (Å²) < 4.78 is 0. The van der Waals surface area contributed by atoms with Crippen LogP contribution in [0.2, 0.25) is 0 Å².